The van der Waals surface area contributed by atoms with Gasteiger partial charge in [-0.1, -0.05) is 57.2 Å². The zero-order chi connectivity index (χ0) is 23.7. The van der Waals surface area contributed by atoms with Gasteiger partial charge >= 0.3 is 0 Å². The molecule has 2 aliphatic heterocycles. The predicted octanol–water partition coefficient (Wildman–Crippen LogP) is 5.06. The van der Waals surface area contributed by atoms with E-state index in [1.807, 2.05) is 75.4 Å². The molecular formula is C28H24BNO2. The highest BCUT2D eigenvalue weighted by Gasteiger charge is 2.40. The molecule has 0 atom stereocenters. The molecule has 0 aliphatic carbocycles. The molecule has 3 aromatic carbocycles. The molecule has 156 valence electrons. The van der Waals surface area contributed by atoms with E-state index in [0.717, 1.165) is 44.9 Å². The maximum absolute atomic E-state index is 8.73. The first-order valence-corrected chi connectivity index (χ1v) is 10.9. The normalized spacial score (nSPS) is 14.8. The van der Waals surface area contributed by atoms with E-state index in [1.165, 1.54) is 0 Å². The monoisotopic (exact) mass is 419 g/mol. The van der Waals surface area contributed by atoms with Crippen LogP contribution < -0.4 is 25.9 Å². The van der Waals surface area contributed by atoms with Crippen LogP contribution in [0.15, 0.2) is 79.0 Å². The molecule has 0 saturated carbocycles. The number of benzene rings is 3. The summed E-state index contributed by atoms with van der Waals surface area (Å²) in [6.07, 6.45) is 0.174. The minimum Gasteiger partial charge on any atom is -0.458 e. The average Bonchev–Trinajstić information content (AvgIpc) is 2.83. The Morgan fingerprint density at radius 1 is 0.844 bits per heavy atom. The molecular weight excluding hydrogens is 393 g/mol. The number of aromatic nitrogens is 1. The van der Waals surface area contributed by atoms with Gasteiger partial charge in [-0.25, -0.2) is 0 Å². The Morgan fingerprint density at radius 3 is 2.41 bits per heavy atom. The predicted molar refractivity (Wildman–Crippen MR) is 131 cm³/mol. The van der Waals surface area contributed by atoms with Gasteiger partial charge in [-0.05, 0) is 64.7 Å². The molecule has 3 heterocycles. The SMILES string of the molecule is [2H]C([2H])(c1ccnc(-c2cccc3c2Oc2cccc4c2B3c2ccccc2O4)c1)C(C)(C)C. The quantitative estimate of drug-likeness (QED) is 0.368. The standard InChI is InChI=1S/C28H24BNO2/c1-28(2,3)17-18-14-15-30-22(16-18)19-8-6-10-21-27(19)32-25-13-7-12-24-26(25)29(21)20-9-4-5-11-23(20)31-24/h4-16H,17H2,1-3H3/i17D2. The minimum absolute atomic E-state index is 0.0101. The first kappa shape index (κ1) is 17.1. The van der Waals surface area contributed by atoms with Gasteiger partial charge in [0.15, 0.2) is 0 Å². The van der Waals surface area contributed by atoms with Gasteiger partial charge < -0.3 is 9.47 Å². The summed E-state index contributed by atoms with van der Waals surface area (Å²) in [6.45, 7) is 5.73. The number of hydrogen-bond donors (Lipinski definition) is 0. The summed E-state index contributed by atoms with van der Waals surface area (Å²) in [7, 11) is 0. The Labute approximate surface area is 191 Å². The molecule has 0 unspecified atom stereocenters. The molecule has 0 saturated heterocycles. The third-order valence-electron chi connectivity index (χ3n) is 5.89. The van der Waals surface area contributed by atoms with E-state index < -0.39 is 11.8 Å². The molecule has 4 aromatic rings. The number of rotatable bonds is 2. The van der Waals surface area contributed by atoms with Crippen molar-refractivity contribution in [2.45, 2.75) is 27.1 Å². The highest BCUT2D eigenvalue weighted by atomic mass is 16.5. The van der Waals surface area contributed by atoms with Crippen molar-refractivity contribution in [1.82, 2.24) is 4.98 Å². The van der Waals surface area contributed by atoms with Crippen LogP contribution in [-0.4, -0.2) is 11.7 Å². The second-order valence-electron chi connectivity index (χ2n) is 9.37. The molecule has 0 amide bonds. The number of nitrogens with zero attached hydrogens (tertiary/aromatic N) is 1. The smallest absolute Gasteiger partial charge is 0.260 e. The molecule has 6 rings (SSSR count). The van der Waals surface area contributed by atoms with Gasteiger partial charge in [-0.2, -0.15) is 0 Å². The van der Waals surface area contributed by atoms with Crippen LogP contribution in [0.1, 0.15) is 29.1 Å². The molecule has 0 spiro atoms. The first-order valence-electron chi connectivity index (χ1n) is 11.9. The highest BCUT2D eigenvalue weighted by Crippen LogP contribution is 2.38. The summed E-state index contributed by atoms with van der Waals surface area (Å²) >= 11 is 0. The molecule has 3 nitrogen and oxygen atoms in total. The Bertz CT molecular complexity index is 1440. The summed E-state index contributed by atoms with van der Waals surface area (Å²) < 4.78 is 30.2. The van der Waals surface area contributed by atoms with E-state index in [0.29, 0.717) is 11.3 Å². The zero-order valence-corrected chi connectivity index (χ0v) is 18.3. The molecule has 0 N–H and O–H groups in total. The number of ether oxygens (including phenoxy) is 2. The third-order valence-corrected chi connectivity index (χ3v) is 5.89. The Hall–Kier alpha value is -3.53. The Morgan fingerprint density at radius 2 is 1.56 bits per heavy atom. The molecule has 2 aliphatic rings. The topological polar surface area (TPSA) is 31.4 Å². The van der Waals surface area contributed by atoms with E-state index in [4.69, 9.17) is 12.2 Å². The summed E-state index contributed by atoms with van der Waals surface area (Å²) in [5.41, 5.74) is 4.80. The fourth-order valence-corrected chi connectivity index (χ4v) is 4.69. The maximum Gasteiger partial charge on any atom is 0.260 e. The lowest BCUT2D eigenvalue weighted by Crippen LogP contribution is -2.57. The lowest BCUT2D eigenvalue weighted by atomic mass is 9.34. The Balaban J connectivity index is 1.55. The van der Waals surface area contributed by atoms with Crippen LogP contribution in [0.4, 0.5) is 0 Å². The van der Waals surface area contributed by atoms with Crippen molar-refractivity contribution >= 4 is 23.1 Å². The van der Waals surface area contributed by atoms with Gasteiger partial charge in [0.05, 0.1) is 5.69 Å². The lowest BCUT2D eigenvalue weighted by Gasteiger charge is -2.33. The van der Waals surface area contributed by atoms with Crippen molar-refractivity contribution in [3.8, 4) is 34.3 Å². The van der Waals surface area contributed by atoms with E-state index in [-0.39, 0.29) is 6.71 Å². The molecule has 32 heavy (non-hydrogen) atoms. The van der Waals surface area contributed by atoms with Crippen molar-refractivity contribution in [3.63, 3.8) is 0 Å². The van der Waals surface area contributed by atoms with Crippen molar-refractivity contribution in [2.75, 3.05) is 0 Å². The van der Waals surface area contributed by atoms with E-state index >= 15 is 0 Å². The van der Waals surface area contributed by atoms with Crippen molar-refractivity contribution in [1.29, 1.82) is 0 Å². The molecule has 0 fully saturated rings. The summed E-state index contributed by atoms with van der Waals surface area (Å²) in [4.78, 5) is 4.62. The largest absolute Gasteiger partial charge is 0.458 e. The lowest BCUT2D eigenvalue weighted by molar-refractivity contribution is 0.411. The van der Waals surface area contributed by atoms with Crippen LogP contribution in [0.5, 0.6) is 23.0 Å². The van der Waals surface area contributed by atoms with Crippen LogP contribution >= 0.6 is 0 Å². The van der Waals surface area contributed by atoms with Crippen LogP contribution in [0.25, 0.3) is 11.3 Å². The number of pyridine rings is 1. The number of para-hydroxylation sites is 2. The van der Waals surface area contributed by atoms with Crippen LogP contribution in [-0.2, 0) is 6.37 Å². The zero-order valence-electron chi connectivity index (χ0n) is 20.3. The fraction of sp³-hybridized carbons (Fsp3) is 0.179. The highest BCUT2D eigenvalue weighted by molar-refractivity contribution is 6.98. The number of hydrogen-bond acceptors (Lipinski definition) is 3. The van der Waals surface area contributed by atoms with Crippen LogP contribution in [0.2, 0.25) is 0 Å². The summed E-state index contributed by atoms with van der Waals surface area (Å²) in [5, 5.41) is 0. The van der Waals surface area contributed by atoms with Gasteiger partial charge in [-0.15, -0.1) is 0 Å². The molecule has 1 aromatic heterocycles. The molecule has 0 bridgehead atoms. The second kappa shape index (κ2) is 6.99. The van der Waals surface area contributed by atoms with Crippen molar-refractivity contribution in [2.24, 2.45) is 5.41 Å². The average molecular weight is 419 g/mol. The second-order valence-corrected chi connectivity index (χ2v) is 9.37. The van der Waals surface area contributed by atoms with E-state index in [1.54, 1.807) is 12.3 Å². The van der Waals surface area contributed by atoms with Gasteiger partial charge in [0.1, 0.15) is 23.0 Å². The molecule has 4 heteroatoms. The van der Waals surface area contributed by atoms with E-state index in [9.17, 15) is 0 Å². The summed E-state index contributed by atoms with van der Waals surface area (Å²) in [5.74, 6) is 3.21. The van der Waals surface area contributed by atoms with Gasteiger partial charge in [0.2, 0.25) is 0 Å². The third kappa shape index (κ3) is 3.10. The van der Waals surface area contributed by atoms with Gasteiger partial charge in [0.25, 0.3) is 6.71 Å². The maximum atomic E-state index is 8.73. The Kier molecular flexibility index (Phi) is 3.73. The van der Waals surface area contributed by atoms with E-state index in [2.05, 4.69) is 17.1 Å². The fourth-order valence-electron chi connectivity index (χ4n) is 4.69. The summed E-state index contributed by atoms with van der Waals surface area (Å²) in [6, 6.07) is 23.8. The van der Waals surface area contributed by atoms with Crippen LogP contribution in [0.3, 0.4) is 0 Å². The van der Waals surface area contributed by atoms with Crippen molar-refractivity contribution < 1.29 is 12.2 Å². The molecule has 0 radical (unpaired) electrons. The minimum atomic E-state index is -1.51. The van der Waals surface area contributed by atoms with Gasteiger partial charge in [0, 0.05) is 20.0 Å². The van der Waals surface area contributed by atoms with Crippen molar-refractivity contribution in [3.05, 3.63) is 84.6 Å². The van der Waals surface area contributed by atoms with Crippen LogP contribution in [0, 0.1) is 5.41 Å². The first-order chi connectivity index (χ1) is 16.3. The van der Waals surface area contributed by atoms with Gasteiger partial charge in [-0.3, -0.25) is 4.98 Å². The number of fused-ring (bicyclic) bond motifs is 4.